The zero-order valence-corrected chi connectivity index (χ0v) is 20.9. The Labute approximate surface area is 201 Å². The van der Waals surface area contributed by atoms with E-state index in [1.807, 2.05) is 48.9 Å². The van der Waals surface area contributed by atoms with E-state index in [0.29, 0.717) is 19.0 Å². The molecule has 9 nitrogen and oxygen atoms in total. The van der Waals surface area contributed by atoms with Gasteiger partial charge in [0.05, 0.1) is 19.8 Å². The number of aliphatic imine (C=N–C) groups is 1. The Balaban J connectivity index is 0.00000341. The number of benzene rings is 1. The predicted molar refractivity (Wildman–Crippen MR) is 132 cm³/mol. The van der Waals surface area contributed by atoms with Crippen LogP contribution in [0.3, 0.4) is 0 Å². The van der Waals surface area contributed by atoms with Crippen LogP contribution >= 0.6 is 24.0 Å². The summed E-state index contributed by atoms with van der Waals surface area (Å²) in [7, 11) is 1.93. The molecular formula is C21H34IN7O2. The standard InChI is InChI=1S/C21H33N7O2.HI/c1-17-25-26-19(27(17)3)15-23-20(22-9-10-28-11-13-30-14-12-28)24-16-21(2,29)18-7-5-4-6-8-18;/h4-8,29H,9-16H2,1-3H3,(H2,22,23,24);1H. The molecule has 3 N–H and O–H groups in total. The molecule has 2 heterocycles. The number of aromatic nitrogens is 3. The van der Waals surface area contributed by atoms with Crippen LogP contribution in [-0.4, -0.2) is 76.7 Å². The van der Waals surface area contributed by atoms with E-state index >= 15 is 0 Å². The highest BCUT2D eigenvalue weighted by Crippen LogP contribution is 2.18. The fraction of sp³-hybridized carbons (Fsp3) is 0.571. The Hall–Kier alpha value is -1.76. The van der Waals surface area contributed by atoms with Crippen molar-refractivity contribution in [1.29, 1.82) is 0 Å². The summed E-state index contributed by atoms with van der Waals surface area (Å²) < 4.78 is 7.33. The van der Waals surface area contributed by atoms with E-state index in [9.17, 15) is 5.11 Å². The minimum Gasteiger partial charge on any atom is -0.384 e. The highest BCUT2D eigenvalue weighted by molar-refractivity contribution is 14.0. The third-order valence-electron chi connectivity index (χ3n) is 5.38. The molecule has 1 aromatic heterocycles. The topological polar surface area (TPSA) is 99.8 Å². The molecule has 1 aliphatic rings. The van der Waals surface area contributed by atoms with Gasteiger partial charge in [0, 0.05) is 33.2 Å². The van der Waals surface area contributed by atoms with Crippen LogP contribution in [0, 0.1) is 6.92 Å². The van der Waals surface area contributed by atoms with Gasteiger partial charge >= 0.3 is 0 Å². The van der Waals surface area contributed by atoms with Crippen molar-refractivity contribution in [3.63, 3.8) is 0 Å². The molecule has 1 atom stereocenters. The van der Waals surface area contributed by atoms with Crippen molar-refractivity contribution in [2.45, 2.75) is 26.0 Å². The molecule has 1 saturated heterocycles. The number of guanidine groups is 1. The van der Waals surface area contributed by atoms with Crippen LogP contribution in [0.25, 0.3) is 0 Å². The Morgan fingerprint density at radius 2 is 1.90 bits per heavy atom. The molecule has 0 saturated carbocycles. The normalized spacial score (nSPS) is 17.0. The molecule has 10 heteroatoms. The number of nitrogens with zero attached hydrogens (tertiary/aromatic N) is 5. The zero-order chi connectivity index (χ0) is 21.4. The average molecular weight is 543 g/mol. The molecule has 1 fully saturated rings. The van der Waals surface area contributed by atoms with E-state index in [1.54, 1.807) is 6.92 Å². The maximum atomic E-state index is 10.9. The molecule has 1 aliphatic heterocycles. The van der Waals surface area contributed by atoms with Crippen LogP contribution in [0.4, 0.5) is 0 Å². The molecule has 31 heavy (non-hydrogen) atoms. The molecule has 1 unspecified atom stereocenters. The predicted octanol–water partition coefficient (Wildman–Crippen LogP) is 1.02. The molecule has 2 aromatic rings. The average Bonchev–Trinajstić information content (AvgIpc) is 3.09. The van der Waals surface area contributed by atoms with Crippen molar-refractivity contribution in [2.24, 2.45) is 12.0 Å². The number of halogens is 1. The van der Waals surface area contributed by atoms with Crippen LogP contribution < -0.4 is 10.6 Å². The van der Waals surface area contributed by atoms with Gasteiger partial charge in [-0.15, -0.1) is 34.2 Å². The van der Waals surface area contributed by atoms with Crippen molar-refractivity contribution in [3.8, 4) is 0 Å². The molecule has 0 bridgehead atoms. The minimum absolute atomic E-state index is 0. The summed E-state index contributed by atoms with van der Waals surface area (Å²) >= 11 is 0. The van der Waals surface area contributed by atoms with Gasteiger partial charge in [-0.2, -0.15) is 0 Å². The van der Waals surface area contributed by atoms with E-state index in [4.69, 9.17) is 4.74 Å². The van der Waals surface area contributed by atoms with Gasteiger partial charge in [-0.25, -0.2) is 4.99 Å². The monoisotopic (exact) mass is 543 g/mol. The number of morpholine rings is 1. The van der Waals surface area contributed by atoms with Gasteiger partial charge in [-0.1, -0.05) is 30.3 Å². The number of aryl methyl sites for hydroxylation is 1. The second-order valence-electron chi connectivity index (χ2n) is 7.76. The van der Waals surface area contributed by atoms with E-state index in [0.717, 1.165) is 56.6 Å². The molecule has 0 amide bonds. The third kappa shape index (κ3) is 7.70. The number of hydrogen-bond acceptors (Lipinski definition) is 6. The number of aliphatic hydroxyl groups is 1. The number of hydrogen-bond donors (Lipinski definition) is 3. The molecule has 0 radical (unpaired) electrons. The fourth-order valence-corrected chi connectivity index (χ4v) is 3.23. The van der Waals surface area contributed by atoms with Gasteiger partial charge in [-0.3, -0.25) is 4.90 Å². The lowest BCUT2D eigenvalue weighted by Gasteiger charge is -2.28. The zero-order valence-electron chi connectivity index (χ0n) is 18.5. The van der Waals surface area contributed by atoms with Crippen molar-refractivity contribution < 1.29 is 9.84 Å². The first-order valence-corrected chi connectivity index (χ1v) is 10.4. The lowest BCUT2D eigenvalue weighted by atomic mass is 9.96. The SMILES string of the molecule is Cc1nnc(CN=C(NCCN2CCOCC2)NCC(C)(O)c2ccccc2)n1C.I. The molecule has 172 valence electrons. The Kier molecular flexibility index (Phi) is 10.1. The first-order valence-electron chi connectivity index (χ1n) is 10.4. The number of rotatable bonds is 8. The van der Waals surface area contributed by atoms with Crippen molar-refractivity contribution in [3.05, 3.63) is 47.5 Å². The Morgan fingerprint density at radius 1 is 1.19 bits per heavy atom. The van der Waals surface area contributed by atoms with E-state index < -0.39 is 5.60 Å². The van der Waals surface area contributed by atoms with E-state index in [2.05, 4.69) is 30.7 Å². The summed E-state index contributed by atoms with van der Waals surface area (Å²) in [5.41, 5.74) is -0.163. The van der Waals surface area contributed by atoms with Crippen LogP contribution in [0.1, 0.15) is 24.1 Å². The summed E-state index contributed by atoms with van der Waals surface area (Å²) in [6.07, 6.45) is 0. The molecule has 1 aromatic carbocycles. The van der Waals surface area contributed by atoms with Crippen LogP contribution in [0.15, 0.2) is 35.3 Å². The van der Waals surface area contributed by atoms with Crippen LogP contribution in [-0.2, 0) is 23.9 Å². The first kappa shape index (κ1) is 25.5. The van der Waals surface area contributed by atoms with Gasteiger partial charge in [0.15, 0.2) is 11.8 Å². The van der Waals surface area contributed by atoms with Crippen molar-refractivity contribution in [2.75, 3.05) is 45.9 Å². The Bertz CT molecular complexity index is 820. The molecular weight excluding hydrogens is 509 g/mol. The highest BCUT2D eigenvalue weighted by atomic mass is 127. The Morgan fingerprint density at radius 3 is 2.55 bits per heavy atom. The highest BCUT2D eigenvalue weighted by Gasteiger charge is 2.23. The van der Waals surface area contributed by atoms with Crippen LogP contribution in [0.5, 0.6) is 0 Å². The molecule has 0 spiro atoms. The summed E-state index contributed by atoms with van der Waals surface area (Å²) in [5.74, 6) is 2.28. The second-order valence-corrected chi connectivity index (χ2v) is 7.76. The van der Waals surface area contributed by atoms with Gasteiger partial charge in [0.1, 0.15) is 18.0 Å². The minimum atomic E-state index is -1.02. The largest absolute Gasteiger partial charge is 0.384 e. The summed E-state index contributed by atoms with van der Waals surface area (Å²) in [5, 5.41) is 25.8. The maximum Gasteiger partial charge on any atom is 0.191 e. The lowest BCUT2D eigenvalue weighted by Crippen LogP contribution is -2.47. The van der Waals surface area contributed by atoms with Crippen molar-refractivity contribution >= 4 is 29.9 Å². The number of ether oxygens (including phenoxy) is 1. The van der Waals surface area contributed by atoms with Gasteiger partial charge in [0.25, 0.3) is 0 Å². The summed E-state index contributed by atoms with van der Waals surface area (Å²) in [6.45, 7) is 9.55. The molecule has 3 rings (SSSR count). The molecule has 0 aliphatic carbocycles. The van der Waals surface area contributed by atoms with Crippen LogP contribution in [0.2, 0.25) is 0 Å². The summed E-state index contributed by atoms with van der Waals surface area (Å²) in [4.78, 5) is 7.03. The smallest absolute Gasteiger partial charge is 0.191 e. The fourth-order valence-electron chi connectivity index (χ4n) is 3.23. The second kappa shape index (κ2) is 12.3. The van der Waals surface area contributed by atoms with E-state index in [1.165, 1.54) is 0 Å². The first-order chi connectivity index (χ1) is 14.5. The van der Waals surface area contributed by atoms with Crippen molar-refractivity contribution in [1.82, 2.24) is 30.3 Å². The number of nitrogens with one attached hydrogen (secondary N) is 2. The maximum absolute atomic E-state index is 10.9. The summed E-state index contributed by atoms with van der Waals surface area (Å²) in [6, 6.07) is 9.64. The van der Waals surface area contributed by atoms with Gasteiger partial charge < -0.3 is 25.0 Å². The third-order valence-corrected chi connectivity index (χ3v) is 5.38. The quantitative estimate of drug-likeness (QED) is 0.260. The van der Waals surface area contributed by atoms with Gasteiger partial charge in [0.2, 0.25) is 0 Å². The lowest BCUT2D eigenvalue weighted by molar-refractivity contribution is 0.0388. The van der Waals surface area contributed by atoms with Gasteiger partial charge in [-0.05, 0) is 19.4 Å². The van der Waals surface area contributed by atoms with E-state index in [-0.39, 0.29) is 24.0 Å².